The van der Waals surface area contributed by atoms with Crippen molar-refractivity contribution in [1.82, 2.24) is 9.13 Å². The van der Waals surface area contributed by atoms with Gasteiger partial charge in [0.25, 0.3) is 0 Å². The van der Waals surface area contributed by atoms with Gasteiger partial charge in [0.05, 0.1) is 27.6 Å². The smallest absolute Gasteiger partial charge is 0.213 e. The Balaban J connectivity index is 1.30. The summed E-state index contributed by atoms with van der Waals surface area (Å²) in [5.74, 6) is 0. The highest BCUT2D eigenvalue weighted by Crippen LogP contribution is 2.45. The standard InChI is InChI=1S/C42H26N2O/c1-2-13-27(14-3-1)43-37-23-11-8-19-34(37)41-40-33(20-12-24-39(40)45-42(41)43)29-25-26-38(30-16-5-4-15-28(29)30)44-35-21-9-6-17-31(35)32-18-7-10-22-36(32)44/h1-26H. The Morgan fingerprint density at radius 2 is 0.933 bits per heavy atom. The summed E-state index contributed by atoms with van der Waals surface area (Å²) in [5, 5.41) is 8.44. The molecular weight excluding hydrogens is 548 g/mol. The van der Waals surface area contributed by atoms with Crippen molar-refractivity contribution in [1.29, 1.82) is 0 Å². The third-order valence-corrected chi connectivity index (χ3v) is 9.34. The average Bonchev–Trinajstić information content (AvgIpc) is 3.75. The molecule has 0 saturated heterocycles. The maximum Gasteiger partial charge on any atom is 0.213 e. The lowest BCUT2D eigenvalue weighted by atomic mass is 9.93. The molecule has 7 aromatic carbocycles. The number of fused-ring (bicyclic) bond motifs is 9. The molecule has 0 amide bonds. The van der Waals surface area contributed by atoms with E-state index in [0.717, 1.165) is 33.3 Å². The van der Waals surface area contributed by atoms with Crippen LogP contribution in [0.25, 0.3) is 88.1 Å². The maximum atomic E-state index is 6.74. The van der Waals surface area contributed by atoms with Crippen molar-refractivity contribution in [2.75, 3.05) is 0 Å². The summed E-state index contributed by atoms with van der Waals surface area (Å²) in [7, 11) is 0. The van der Waals surface area contributed by atoms with Crippen LogP contribution >= 0.6 is 0 Å². The molecule has 3 heteroatoms. The van der Waals surface area contributed by atoms with Gasteiger partial charge in [0, 0.05) is 32.6 Å². The average molecular weight is 575 g/mol. The normalized spacial score (nSPS) is 12.0. The zero-order valence-corrected chi connectivity index (χ0v) is 24.3. The summed E-state index contributed by atoms with van der Waals surface area (Å²) in [6, 6.07) is 56.4. The third kappa shape index (κ3) is 3.35. The number of hydrogen-bond donors (Lipinski definition) is 0. The van der Waals surface area contributed by atoms with E-state index in [9.17, 15) is 0 Å². The Morgan fingerprint density at radius 1 is 0.356 bits per heavy atom. The van der Waals surface area contributed by atoms with Gasteiger partial charge in [-0.15, -0.1) is 0 Å². The molecule has 0 N–H and O–H groups in total. The van der Waals surface area contributed by atoms with Gasteiger partial charge in [-0.05, 0) is 59.0 Å². The summed E-state index contributed by atoms with van der Waals surface area (Å²) in [4.78, 5) is 0. The van der Waals surface area contributed by atoms with Crippen LogP contribution in [0.15, 0.2) is 162 Å². The van der Waals surface area contributed by atoms with Crippen LogP contribution in [0.4, 0.5) is 0 Å². The molecular formula is C42H26N2O. The molecule has 0 unspecified atom stereocenters. The molecule has 0 bridgehead atoms. The minimum atomic E-state index is 0.871. The summed E-state index contributed by atoms with van der Waals surface area (Å²) < 4.78 is 11.4. The molecule has 10 aromatic rings. The molecule has 3 nitrogen and oxygen atoms in total. The fourth-order valence-corrected chi connectivity index (χ4v) is 7.49. The Kier molecular flexibility index (Phi) is 5.00. The van der Waals surface area contributed by atoms with Gasteiger partial charge in [-0.1, -0.05) is 115 Å². The lowest BCUT2D eigenvalue weighted by Crippen LogP contribution is -1.96. The van der Waals surface area contributed by atoms with Crippen LogP contribution in [0.1, 0.15) is 0 Å². The molecule has 0 aliphatic rings. The second kappa shape index (κ2) is 9.22. The van der Waals surface area contributed by atoms with E-state index < -0.39 is 0 Å². The van der Waals surface area contributed by atoms with Crippen LogP contribution in [0.5, 0.6) is 0 Å². The quantitative estimate of drug-likeness (QED) is 0.206. The van der Waals surface area contributed by atoms with E-state index in [1.165, 1.54) is 54.8 Å². The van der Waals surface area contributed by atoms with Crippen LogP contribution in [0.3, 0.4) is 0 Å². The molecule has 210 valence electrons. The zero-order valence-electron chi connectivity index (χ0n) is 24.3. The van der Waals surface area contributed by atoms with E-state index in [2.05, 4.69) is 167 Å². The summed E-state index contributed by atoms with van der Waals surface area (Å²) in [5.41, 5.74) is 9.96. The van der Waals surface area contributed by atoms with Crippen LogP contribution in [-0.4, -0.2) is 9.13 Å². The van der Waals surface area contributed by atoms with Crippen LogP contribution in [0.2, 0.25) is 0 Å². The first-order valence-corrected chi connectivity index (χ1v) is 15.4. The zero-order chi connectivity index (χ0) is 29.5. The van der Waals surface area contributed by atoms with Gasteiger partial charge < -0.3 is 8.98 Å². The van der Waals surface area contributed by atoms with Crippen molar-refractivity contribution in [3.8, 4) is 22.5 Å². The van der Waals surface area contributed by atoms with Gasteiger partial charge in [-0.2, -0.15) is 0 Å². The third-order valence-electron chi connectivity index (χ3n) is 9.34. The fourth-order valence-electron chi connectivity index (χ4n) is 7.49. The van der Waals surface area contributed by atoms with Crippen molar-refractivity contribution in [2.24, 2.45) is 0 Å². The molecule has 0 atom stereocenters. The molecule has 10 rings (SSSR count). The molecule has 0 aliphatic carbocycles. The fraction of sp³-hybridized carbons (Fsp3) is 0. The number of nitrogens with zero attached hydrogens (tertiary/aromatic N) is 2. The molecule has 45 heavy (non-hydrogen) atoms. The molecule has 0 spiro atoms. The van der Waals surface area contributed by atoms with Gasteiger partial charge in [0.15, 0.2) is 0 Å². The van der Waals surface area contributed by atoms with Gasteiger partial charge in [0.1, 0.15) is 5.58 Å². The lowest BCUT2D eigenvalue weighted by Gasteiger charge is -2.15. The Morgan fingerprint density at radius 3 is 1.64 bits per heavy atom. The van der Waals surface area contributed by atoms with Crippen molar-refractivity contribution < 1.29 is 4.42 Å². The van der Waals surface area contributed by atoms with Crippen LogP contribution < -0.4 is 0 Å². The van der Waals surface area contributed by atoms with E-state index >= 15 is 0 Å². The number of benzene rings is 7. The van der Waals surface area contributed by atoms with Crippen molar-refractivity contribution in [2.45, 2.75) is 0 Å². The van der Waals surface area contributed by atoms with E-state index in [1.54, 1.807) is 0 Å². The van der Waals surface area contributed by atoms with E-state index in [-0.39, 0.29) is 0 Å². The van der Waals surface area contributed by atoms with Crippen molar-refractivity contribution in [3.63, 3.8) is 0 Å². The highest BCUT2D eigenvalue weighted by Gasteiger charge is 2.23. The number of rotatable bonds is 3. The lowest BCUT2D eigenvalue weighted by molar-refractivity contribution is 0.645. The van der Waals surface area contributed by atoms with Crippen molar-refractivity contribution in [3.05, 3.63) is 158 Å². The summed E-state index contributed by atoms with van der Waals surface area (Å²) in [6.45, 7) is 0. The first-order chi connectivity index (χ1) is 22.4. The number of para-hydroxylation sites is 4. The Bertz CT molecular complexity index is 2710. The van der Waals surface area contributed by atoms with Gasteiger partial charge in [0.2, 0.25) is 5.71 Å². The summed E-state index contributed by atoms with van der Waals surface area (Å²) in [6.07, 6.45) is 0. The Labute approximate surface area is 258 Å². The molecule has 0 saturated carbocycles. The van der Waals surface area contributed by atoms with E-state index in [4.69, 9.17) is 4.42 Å². The largest absolute Gasteiger partial charge is 0.439 e. The molecule has 3 heterocycles. The summed E-state index contributed by atoms with van der Waals surface area (Å²) >= 11 is 0. The molecule has 0 aliphatic heterocycles. The monoisotopic (exact) mass is 574 g/mol. The molecule has 0 radical (unpaired) electrons. The SMILES string of the molecule is c1ccc(-n2c3ccccc3c3c4c(-c5ccc(-n6c7ccccc7c7ccccc76)c6ccccc56)cccc4oc32)cc1. The van der Waals surface area contributed by atoms with E-state index in [0.29, 0.717) is 0 Å². The van der Waals surface area contributed by atoms with Crippen LogP contribution in [0, 0.1) is 0 Å². The van der Waals surface area contributed by atoms with E-state index in [1.807, 2.05) is 0 Å². The highest BCUT2D eigenvalue weighted by atomic mass is 16.3. The second-order valence-corrected chi connectivity index (χ2v) is 11.7. The van der Waals surface area contributed by atoms with Gasteiger partial charge in [-0.25, -0.2) is 0 Å². The second-order valence-electron chi connectivity index (χ2n) is 11.7. The topological polar surface area (TPSA) is 23.0 Å². The van der Waals surface area contributed by atoms with Gasteiger partial charge >= 0.3 is 0 Å². The minimum Gasteiger partial charge on any atom is -0.439 e. The molecule has 3 aromatic heterocycles. The van der Waals surface area contributed by atoms with Crippen LogP contribution in [-0.2, 0) is 0 Å². The predicted molar refractivity (Wildman–Crippen MR) is 188 cm³/mol. The number of furan rings is 1. The number of aromatic nitrogens is 2. The first kappa shape index (κ1) is 24.4. The molecule has 0 fully saturated rings. The highest BCUT2D eigenvalue weighted by molar-refractivity contribution is 6.25. The Hall–Kier alpha value is -6.06. The number of hydrogen-bond acceptors (Lipinski definition) is 1. The minimum absolute atomic E-state index is 0.871. The van der Waals surface area contributed by atoms with Gasteiger partial charge in [-0.3, -0.25) is 4.57 Å². The predicted octanol–water partition coefficient (Wildman–Crippen LogP) is 11.4. The van der Waals surface area contributed by atoms with Crippen molar-refractivity contribution >= 4 is 65.6 Å². The maximum absolute atomic E-state index is 6.74. The first-order valence-electron chi connectivity index (χ1n) is 15.4.